The van der Waals surface area contributed by atoms with Gasteiger partial charge in [-0.1, -0.05) is 133 Å². The first kappa shape index (κ1) is 39.8. The second-order valence-corrected chi connectivity index (χ2v) is 11.1. The number of aliphatic hydroxyl groups excluding tert-OH is 2. The second-order valence-electron chi connectivity index (χ2n) is 11.1. The molecule has 0 bridgehead atoms. The van der Waals surface area contributed by atoms with Crippen LogP contribution in [-0.4, -0.2) is 47.6 Å². The van der Waals surface area contributed by atoms with Crippen LogP contribution < -0.4 is 0 Å². The van der Waals surface area contributed by atoms with E-state index in [4.69, 9.17) is 9.47 Å². The first-order valence-corrected chi connectivity index (χ1v) is 16.8. The van der Waals surface area contributed by atoms with Crippen molar-refractivity contribution < 1.29 is 29.3 Å². The van der Waals surface area contributed by atoms with Crippen LogP contribution in [0.15, 0.2) is 48.6 Å². The molecule has 0 aliphatic heterocycles. The third-order valence-electron chi connectivity index (χ3n) is 6.90. The van der Waals surface area contributed by atoms with Crippen molar-refractivity contribution in [2.24, 2.45) is 0 Å². The van der Waals surface area contributed by atoms with Gasteiger partial charge in [0.05, 0.1) is 6.10 Å². The monoisotopic (exact) mass is 590 g/mol. The van der Waals surface area contributed by atoms with Crippen LogP contribution in [0.4, 0.5) is 0 Å². The lowest BCUT2D eigenvalue weighted by molar-refractivity contribution is -0.152. The molecule has 6 nitrogen and oxygen atoms in total. The van der Waals surface area contributed by atoms with Crippen molar-refractivity contribution in [2.45, 2.75) is 154 Å². The fourth-order valence-corrected chi connectivity index (χ4v) is 4.28. The molecule has 0 fully saturated rings. The Labute approximate surface area is 257 Å². The van der Waals surface area contributed by atoms with Gasteiger partial charge in [-0.15, -0.1) is 0 Å². The average Bonchev–Trinajstić information content (AvgIpc) is 2.98. The lowest BCUT2D eigenvalue weighted by Gasteiger charge is -2.12. The van der Waals surface area contributed by atoms with Gasteiger partial charge in [-0.25, -0.2) is 0 Å². The fraction of sp³-hybridized carbons (Fsp3) is 0.722. The highest BCUT2D eigenvalue weighted by atomic mass is 16.6. The highest BCUT2D eigenvalue weighted by Gasteiger charge is 2.11. The Morgan fingerprint density at radius 1 is 0.595 bits per heavy atom. The van der Waals surface area contributed by atoms with Crippen molar-refractivity contribution in [1.82, 2.24) is 0 Å². The Kier molecular flexibility index (Phi) is 30.1. The zero-order chi connectivity index (χ0) is 30.9. The van der Waals surface area contributed by atoms with E-state index in [2.05, 4.69) is 19.9 Å². The van der Waals surface area contributed by atoms with E-state index in [0.717, 1.165) is 38.5 Å². The van der Waals surface area contributed by atoms with Crippen molar-refractivity contribution in [3.8, 4) is 0 Å². The molecule has 0 heterocycles. The molecular weight excluding hydrogens is 528 g/mol. The third kappa shape index (κ3) is 30.8. The van der Waals surface area contributed by atoms with Crippen LogP contribution in [0.2, 0.25) is 0 Å². The minimum atomic E-state index is -1.00. The summed E-state index contributed by atoms with van der Waals surface area (Å²) in [5.41, 5.74) is 0. The van der Waals surface area contributed by atoms with Gasteiger partial charge < -0.3 is 19.7 Å². The highest BCUT2D eigenvalue weighted by Crippen LogP contribution is 2.11. The fourth-order valence-electron chi connectivity index (χ4n) is 4.28. The van der Waals surface area contributed by atoms with E-state index in [-0.39, 0.29) is 31.6 Å². The number of hydrogen-bond acceptors (Lipinski definition) is 6. The number of carbonyl (C=O) groups is 2. The van der Waals surface area contributed by atoms with Crippen LogP contribution in [0.5, 0.6) is 0 Å². The number of hydrogen-bond donors (Lipinski definition) is 2. The Bertz CT molecular complexity index is 739. The molecule has 0 aliphatic rings. The van der Waals surface area contributed by atoms with Gasteiger partial charge in [0.15, 0.2) is 0 Å². The number of rotatable bonds is 29. The molecule has 0 spiro atoms. The standard InChI is InChI=1S/C36H62O6/c1-3-5-7-9-11-12-13-17-21-25-29-35(39)41-31-34(38)32-42-36(40)30-26-22-18-15-14-16-20-24-28-33(37)27-23-19-10-8-6-4-2/h15-16,18-20,23-24,28,33-34,37-38H,3-14,17,21-22,25-27,29-32H2,1-2H3/b18-15-,20-16-,23-19-,28-24+/t33-,34+/m1/s1. The molecule has 0 aromatic carbocycles. The Morgan fingerprint density at radius 3 is 1.76 bits per heavy atom. The van der Waals surface area contributed by atoms with Crippen LogP contribution >= 0.6 is 0 Å². The molecule has 0 aromatic heterocycles. The quantitative estimate of drug-likeness (QED) is 0.0391. The van der Waals surface area contributed by atoms with Gasteiger partial charge in [0, 0.05) is 12.8 Å². The SMILES string of the molecule is CCCCC/C=C\C[C@@H](O)/C=C/C=C\C/C=C\CCCC(=O)OC[C@@H](O)COC(=O)CCCCCCCCCCCC. The summed E-state index contributed by atoms with van der Waals surface area (Å²) in [5.74, 6) is -0.672. The molecule has 2 atom stereocenters. The normalized spacial score (nSPS) is 13.5. The van der Waals surface area contributed by atoms with Gasteiger partial charge in [-0.3, -0.25) is 9.59 Å². The molecule has 0 saturated heterocycles. The maximum absolute atomic E-state index is 11.9. The summed E-state index contributed by atoms with van der Waals surface area (Å²) in [4.78, 5) is 23.7. The minimum absolute atomic E-state index is 0.148. The molecule has 0 unspecified atom stereocenters. The van der Waals surface area contributed by atoms with Crippen LogP contribution in [0.1, 0.15) is 142 Å². The number of esters is 2. The zero-order valence-electron chi connectivity index (χ0n) is 26.9. The Hall–Kier alpha value is -2.18. The number of allylic oxidation sites excluding steroid dienone is 6. The molecule has 2 N–H and O–H groups in total. The molecule has 42 heavy (non-hydrogen) atoms. The first-order valence-electron chi connectivity index (χ1n) is 16.8. The summed E-state index contributed by atoms with van der Waals surface area (Å²) < 4.78 is 10.2. The number of aliphatic hydroxyl groups is 2. The smallest absolute Gasteiger partial charge is 0.305 e. The molecule has 0 saturated carbocycles. The van der Waals surface area contributed by atoms with Gasteiger partial charge in [-0.2, -0.15) is 0 Å². The summed E-state index contributed by atoms with van der Waals surface area (Å²) in [6, 6.07) is 0. The predicted molar refractivity (Wildman–Crippen MR) is 174 cm³/mol. The van der Waals surface area contributed by atoms with Gasteiger partial charge in [0.2, 0.25) is 0 Å². The Balaban J connectivity index is 3.66. The molecule has 0 radical (unpaired) electrons. The summed E-state index contributed by atoms with van der Waals surface area (Å²) >= 11 is 0. The van der Waals surface area contributed by atoms with Crippen molar-refractivity contribution >= 4 is 11.9 Å². The second kappa shape index (κ2) is 31.7. The van der Waals surface area contributed by atoms with Crippen LogP contribution in [0.3, 0.4) is 0 Å². The van der Waals surface area contributed by atoms with E-state index in [9.17, 15) is 19.8 Å². The predicted octanol–water partition coefficient (Wildman–Crippen LogP) is 8.86. The van der Waals surface area contributed by atoms with Gasteiger partial charge in [-0.05, 0) is 44.9 Å². The molecule has 0 rings (SSSR count). The van der Waals surface area contributed by atoms with E-state index in [1.165, 1.54) is 64.2 Å². The molecule has 6 heteroatoms. The summed E-state index contributed by atoms with van der Waals surface area (Å²) in [5, 5.41) is 19.9. The van der Waals surface area contributed by atoms with E-state index in [1.807, 2.05) is 36.5 Å². The minimum Gasteiger partial charge on any atom is -0.463 e. The topological polar surface area (TPSA) is 93.1 Å². The van der Waals surface area contributed by atoms with E-state index < -0.39 is 12.2 Å². The largest absolute Gasteiger partial charge is 0.463 e. The third-order valence-corrected chi connectivity index (χ3v) is 6.90. The lowest BCUT2D eigenvalue weighted by Crippen LogP contribution is -2.25. The zero-order valence-corrected chi connectivity index (χ0v) is 26.9. The van der Waals surface area contributed by atoms with Crippen molar-refractivity contribution in [3.05, 3.63) is 48.6 Å². The molecular formula is C36H62O6. The molecule has 242 valence electrons. The van der Waals surface area contributed by atoms with Gasteiger partial charge in [0.1, 0.15) is 19.3 Å². The van der Waals surface area contributed by atoms with E-state index >= 15 is 0 Å². The summed E-state index contributed by atoms with van der Waals surface area (Å²) in [6.07, 6.45) is 34.8. The van der Waals surface area contributed by atoms with E-state index in [0.29, 0.717) is 19.3 Å². The van der Waals surface area contributed by atoms with Gasteiger partial charge in [0.25, 0.3) is 0 Å². The van der Waals surface area contributed by atoms with Gasteiger partial charge >= 0.3 is 11.9 Å². The van der Waals surface area contributed by atoms with Crippen LogP contribution in [-0.2, 0) is 19.1 Å². The summed E-state index contributed by atoms with van der Waals surface area (Å²) in [6.45, 7) is 4.11. The summed E-state index contributed by atoms with van der Waals surface area (Å²) in [7, 11) is 0. The molecule has 0 amide bonds. The van der Waals surface area contributed by atoms with E-state index in [1.54, 1.807) is 6.08 Å². The number of carbonyl (C=O) groups excluding carboxylic acids is 2. The maximum atomic E-state index is 11.9. The van der Waals surface area contributed by atoms with Crippen molar-refractivity contribution in [1.29, 1.82) is 0 Å². The molecule has 0 aliphatic carbocycles. The van der Waals surface area contributed by atoms with Crippen LogP contribution in [0, 0.1) is 0 Å². The van der Waals surface area contributed by atoms with Crippen molar-refractivity contribution in [2.75, 3.05) is 13.2 Å². The van der Waals surface area contributed by atoms with Crippen molar-refractivity contribution in [3.63, 3.8) is 0 Å². The lowest BCUT2D eigenvalue weighted by atomic mass is 10.1. The molecule has 0 aromatic rings. The Morgan fingerprint density at radius 2 is 1.12 bits per heavy atom. The maximum Gasteiger partial charge on any atom is 0.305 e. The number of unbranched alkanes of at least 4 members (excludes halogenated alkanes) is 13. The first-order chi connectivity index (χ1) is 20.5. The highest BCUT2D eigenvalue weighted by molar-refractivity contribution is 5.69. The average molecular weight is 591 g/mol. The number of ether oxygens (including phenoxy) is 2. The van der Waals surface area contributed by atoms with Crippen LogP contribution in [0.25, 0.3) is 0 Å².